The summed E-state index contributed by atoms with van der Waals surface area (Å²) in [7, 11) is 0. The van der Waals surface area contributed by atoms with Gasteiger partial charge in [0.2, 0.25) is 0 Å². The van der Waals surface area contributed by atoms with Crippen molar-refractivity contribution < 1.29 is 9.18 Å². The Bertz CT molecular complexity index is 559. The summed E-state index contributed by atoms with van der Waals surface area (Å²) < 4.78 is 13.5. The number of aromatic amines is 1. The molecular weight excluding hydrogens is 352 g/mol. The van der Waals surface area contributed by atoms with Crippen molar-refractivity contribution in [3.05, 3.63) is 39.0 Å². The van der Waals surface area contributed by atoms with E-state index in [2.05, 4.69) is 25.9 Å². The second-order valence-electron chi connectivity index (χ2n) is 3.59. The summed E-state index contributed by atoms with van der Waals surface area (Å²) in [5.41, 5.74) is 0.410. The zero-order valence-electron chi connectivity index (χ0n) is 9.32. The number of rotatable bonds is 3. The van der Waals surface area contributed by atoms with Gasteiger partial charge in [-0.25, -0.2) is 4.39 Å². The molecule has 1 heterocycles. The van der Waals surface area contributed by atoms with Gasteiger partial charge in [0.1, 0.15) is 5.82 Å². The summed E-state index contributed by atoms with van der Waals surface area (Å²) in [6.45, 7) is 1.74. The largest absolute Gasteiger partial charge is 0.342 e. The molecule has 8 heteroatoms. The molecule has 1 atom stereocenters. The van der Waals surface area contributed by atoms with E-state index in [0.717, 1.165) is 0 Å². The molecule has 0 radical (unpaired) electrons. The van der Waals surface area contributed by atoms with E-state index >= 15 is 0 Å². The van der Waals surface area contributed by atoms with Crippen LogP contribution in [0.15, 0.2) is 18.2 Å². The average Bonchev–Trinajstić information content (AvgIpc) is 2.81. The zero-order valence-corrected chi connectivity index (χ0v) is 11.5. The van der Waals surface area contributed by atoms with E-state index in [9.17, 15) is 9.18 Å². The first-order valence-corrected chi connectivity index (χ1v) is 6.15. The Labute approximate surface area is 115 Å². The molecule has 1 aromatic heterocycles. The minimum atomic E-state index is -0.378. The van der Waals surface area contributed by atoms with Gasteiger partial charge in [-0.1, -0.05) is 5.21 Å². The second-order valence-corrected chi connectivity index (χ2v) is 4.75. The number of carbonyl (C=O) groups is 1. The molecule has 1 aromatic carbocycles. The number of nitrogens with zero attached hydrogens (tertiary/aromatic N) is 3. The SMILES string of the molecule is CC(NC(=O)c1ccc(F)cc1I)c1nn[nH]n1. The second kappa shape index (κ2) is 5.38. The number of carbonyl (C=O) groups excluding carboxylic acids is 1. The molecule has 0 bridgehead atoms. The first-order chi connectivity index (χ1) is 8.58. The predicted octanol–water partition coefficient (Wildman–Crippen LogP) is 1.43. The van der Waals surface area contributed by atoms with E-state index in [4.69, 9.17) is 0 Å². The molecule has 0 spiro atoms. The third-order valence-corrected chi connectivity index (χ3v) is 3.16. The fraction of sp³-hybridized carbons (Fsp3) is 0.200. The summed E-state index contributed by atoms with van der Waals surface area (Å²) in [6.07, 6.45) is 0. The van der Waals surface area contributed by atoms with Gasteiger partial charge >= 0.3 is 0 Å². The lowest BCUT2D eigenvalue weighted by Gasteiger charge is -2.10. The van der Waals surface area contributed by atoms with Gasteiger partial charge in [0.15, 0.2) is 5.82 Å². The Morgan fingerprint density at radius 1 is 1.56 bits per heavy atom. The third-order valence-electron chi connectivity index (χ3n) is 2.27. The van der Waals surface area contributed by atoms with E-state index in [1.807, 2.05) is 22.6 Å². The van der Waals surface area contributed by atoms with Crippen molar-refractivity contribution in [2.45, 2.75) is 13.0 Å². The van der Waals surface area contributed by atoms with Crippen LogP contribution >= 0.6 is 22.6 Å². The van der Waals surface area contributed by atoms with Gasteiger partial charge in [0.05, 0.1) is 11.6 Å². The van der Waals surface area contributed by atoms with Crippen LogP contribution in [0.3, 0.4) is 0 Å². The smallest absolute Gasteiger partial charge is 0.252 e. The number of amides is 1. The molecule has 94 valence electrons. The van der Waals surface area contributed by atoms with Crippen LogP contribution in [-0.4, -0.2) is 26.5 Å². The van der Waals surface area contributed by atoms with Crippen LogP contribution in [0.25, 0.3) is 0 Å². The summed E-state index contributed by atoms with van der Waals surface area (Å²) in [5.74, 6) is -0.292. The maximum atomic E-state index is 12.9. The number of hydrogen-bond donors (Lipinski definition) is 2. The summed E-state index contributed by atoms with van der Waals surface area (Å²) in [6, 6.07) is 3.61. The molecule has 18 heavy (non-hydrogen) atoms. The Balaban J connectivity index is 2.12. The molecule has 0 saturated heterocycles. The minimum Gasteiger partial charge on any atom is -0.342 e. The lowest BCUT2D eigenvalue weighted by Crippen LogP contribution is -2.28. The molecule has 0 saturated carbocycles. The predicted molar refractivity (Wildman–Crippen MR) is 69.2 cm³/mol. The summed E-state index contributed by atoms with van der Waals surface area (Å²) in [4.78, 5) is 12.0. The number of H-pyrrole nitrogens is 1. The zero-order chi connectivity index (χ0) is 13.1. The molecule has 0 aliphatic carbocycles. The molecular formula is C10H9FIN5O. The lowest BCUT2D eigenvalue weighted by atomic mass is 10.2. The molecule has 2 N–H and O–H groups in total. The van der Waals surface area contributed by atoms with Gasteiger partial charge in [-0.3, -0.25) is 4.79 Å². The van der Waals surface area contributed by atoms with Gasteiger partial charge in [0.25, 0.3) is 5.91 Å². The monoisotopic (exact) mass is 361 g/mol. The number of halogens is 2. The Hall–Kier alpha value is -1.58. The number of nitrogens with one attached hydrogen (secondary N) is 2. The molecule has 2 aromatic rings. The topological polar surface area (TPSA) is 83.6 Å². The van der Waals surface area contributed by atoms with Crippen molar-refractivity contribution in [2.24, 2.45) is 0 Å². The van der Waals surface area contributed by atoms with Crippen molar-refractivity contribution in [2.75, 3.05) is 0 Å². The first-order valence-electron chi connectivity index (χ1n) is 5.07. The van der Waals surface area contributed by atoms with Gasteiger partial charge in [-0.05, 0) is 47.7 Å². The van der Waals surface area contributed by atoms with Crippen LogP contribution in [0, 0.1) is 9.39 Å². The maximum Gasteiger partial charge on any atom is 0.252 e. The number of benzene rings is 1. The van der Waals surface area contributed by atoms with Crippen LogP contribution in [0.2, 0.25) is 0 Å². The average molecular weight is 361 g/mol. The lowest BCUT2D eigenvalue weighted by molar-refractivity contribution is 0.0937. The Morgan fingerprint density at radius 3 is 2.94 bits per heavy atom. The highest BCUT2D eigenvalue weighted by atomic mass is 127. The van der Waals surface area contributed by atoms with E-state index in [1.54, 1.807) is 6.92 Å². The highest BCUT2D eigenvalue weighted by Gasteiger charge is 2.16. The third kappa shape index (κ3) is 2.81. The van der Waals surface area contributed by atoms with E-state index < -0.39 is 0 Å². The molecule has 0 fully saturated rings. The van der Waals surface area contributed by atoms with Crippen LogP contribution < -0.4 is 5.32 Å². The van der Waals surface area contributed by atoms with Crippen LogP contribution in [-0.2, 0) is 0 Å². The molecule has 2 rings (SSSR count). The summed E-state index contributed by atoms with van der Waals surface area (Å²) >= 11 is 1.91. The first kappa shape index (κ1) is 12.9. The number of hydrogen-bond acceptors (Lipinski definition) is 4. The van der Waals surface area contributed by atoms with Gasteiger partial charge < -0.3 is 5.32 Å². The number of tetrazole rings is 1. The van der Waals surface area contributed by atoms with E-state index in [0.29, 0.717) is 15.0 Å². The van der Waals surface area contributed by atoms with Crippen LogP contribution in [0.5, 0.6) is 0 Å². The normalized spacial score (nSPS) is 12.2. The van der Waals surface area contributed by atoms with Gasteiger partial charge in [-0.2, -0.15) is 5.21 Å². The van der Waals surface area contributed by atoms with Crippen LogP contribution in [0.1, 0.15) is 29.1 Å². The molecule has 0 aliphatic heterocycles. The summed E-state index contributed by atoms with van der Waals surface area (Å²) in [5, 5.41) is 16.0. The molecule has 1 unspecified atom stereocenters. The van der Waals surface area contributed by atoms with Crippen LogP contribution in [0.4, 0.5) is 4.39 Å². The fourth-order valence-corrected chi connectivity index (χ4v) is 2.09. The van der Waals surface area contributed by atoms with Crippen molar-refractivity contribution >= 4 is 28.5 Å². The quantitative estimate of drug-likeness (QED) is 0.811. The minimum absolute atomic E-state index is 0.309. The molecule has 1 amide bonds. The van der Waals surface area contributed by atoms with Gasteiger partial charge in [0, 0.05) is 3.57 Å². The molecule has 6 nitrogen and oxygen atoms in total. The fourth-order valence-electron chi connectivity index (χ4n) is 1.37. The van der Waals surface area contributed by atoms with E-state index in [1.165, 1.54) is 18.2 Å². The number of aromatic nitrogens is 4. The van der Waals surface area contributed by atoms with Crippen molar-refractivity contribution in [3.63, 3.8) is 0 Å². The standard InChI is InChI=1S/C10H9FIN5O/c1-5(9-14-16-17-15-9)13-10(18)7-3-2-6(11)4-8(7)12/h2-5H,1H3,(H,13,18)(H,14,15,16,17). The Kier molecular flexibility index (Phi) is 3.84. The highest BCUT2D eigenvalue weighted by Crippen LogP contribution is 2.15. The molecule has 0 aliphatic rings. The van der Waals surface area contributed by atoms with Gasteiger partial charge in [-0.15, -0.1) is 10.2 Å². The van der Waals surface area contributed by atoms with Crippen molar-refractivity contribution in [1.82, 2.24) is 25.9 Å². The highest BCUT2D eigenvalue weighted by molar-refractivity contribution is 14.1. The van der Waals surface area contributed by atoms with Crippen molar-refractivity contribution in [1.29, 1.82) is 0 Å². The van der Waals surface area contributed by atoms with Crippen molar-refractivity contribution in [3.8, 4) is 0 Å². The van der Waals surface area contributed by atoms with E-state index in [-0.39, 0.29) is 17.8 Å². The maximum absolute atomic E-state index is 12.9. The Morgan fingerprint density at radius 2 is 2.33 bits per heavy atom.